The van der Waals surface area contributed by atoms with Crippen molar-refractivity contribution in [1.82, 2.24) is 9.97 Å². The molecule has 14 heteroatoms. The summed E-state index contributed by atoms with van der Waals surface area (Å²) in [6, 6.07) is 9.81. The fourth-order valence-corrected chi connectivity index (χ4v) is 5.94. The van der Waals surface area contributed by atoms with Gasteiger partial charge in [-0.2, -0.15) is 0 Å². The average molecular weight is 1050 g/mol. The van der Waals surface area contributed by atoms with Crippen molar-refractivity contribution in [3.63, 3.8) is 0 Å². The predicted molar refractivity (Wildman–Crippen MR) is 301 cm³/mol. The van der Waals surface area contributed by atoms with Gasteiger partial charge >= 0.3 is 23.9 Å². The first-order valence-corrected chi connectivity index (χ1v) is 24.4. The summed E-state index contributed by atoms with van der Waals surface area (Å²) < 4.78 is 23.7. The fraction of sp³-hybridized carbons (Fsp3) is 0.403. The van der Waals surface area contributed by atoms with Gasteiger partial charge in [-0.05, 0) is 192 Å². The van der Waals surface area contributed by atoms with Gasteiger partial charge in [0.2, 0.25) is 0 Å². The molecular formula is C62H84N2O12. The average Bonchev–Trinajstić information content (AvgIpc) is 4.24. The van der Waals surface area contributed by atoms with E-state index >= 15 is 0 Å². The molecule has 3 aromatic heterocycles. The number of aromatic nitrogens is 2. The third-order valence-electron chi connectivity index (χ3n) is 10.7. The summed E-state index contributed by atoms with van der Waals surface area (Å²) in [5.41, 5.74) is 10.5. The molecule has 4 aliphatic heterocycles. The van der Waals surface area contributed by atoms with Crippen molar-refractivity contribution in [1.29, 1.82) is 0 Å². The van der Waals surface area contributed by atoms with E-state index in [-0.39, 0.29) is 74.7 Å². The van der Waals surface area contributed by atoms with E-state index < -0.39 is 0 Å². The lowest BCUT2D eigenvalue weighted by Crippen LogP contribution is -2.03. The maximum Gasteiger partial charge on any atom is 0.334 e. The number of carbonyl (C=O) groups is 7. The molecule has 3 aromatic rings. The van der Waals surface area contributed by atoms with Crippen LogP contribution in [0, 0.1) is 20.8 Å². The van der Waals surface area contributed by atoms with Crippen LogP contribution in [0.3, 0.4) is 0 Å². The largest absolute Gasteiger partial charge is 0.472 e. The molecule has 4 atom stereocenters. The number of ether oxygens (including phenoxy) is 4. The zero-order valence-electron chi connectivity index (χ0n) is 45.7. The topological polar surface area (TPSA) is 195 Å². The van der Waals surface area contributed by atoms with Crippen molar-refractivity contribution >= 4 is 41.2 Å². The van der Waals surface area contributed by atoms with Crippen LogP contribution in [0.5, 0.6) is 0 Å². The number of aryl methyl sites for hydroxylation is 3. The molecule has 0 saturated carbocycles. The highest BCUT2D eigenvalue weighted by Gasteiger charge is 2.19. The van der Waals surface area contributed by atoms with Crippen molar-refractivity contribution in [2.24, 2.45) is 0 Å². The molecule has 0 unspecified atom stereocenters. The Labute approximate surface area is 452 Å². The van der Waals surface area contributed by atoms with Crippen LogP contribution < -0.4 is 0 Å². The minimum absolute atomic E-state index is 0. The fourth-order valence-electron chi connectivity index (χ4n) is 5.94. The van der Waals surface area contributed by atoms with E-state index in [1.54, 1.807) is 57.1 Å². The normalized spacial score (nSPS) is 19.6. The highest BCUT2D eigenvalue weighted by Crippen LogP contribution is 2.15. The van der Waals surface area contributed by atoms with Gasteiger partial charge < -0.3 is 23.4 Å². The SMILES string of the molecule is C.C.CC1=CC(=O)CC1.CC1=CC(=O)O[C@@H]1C.CC1=CC(=O)O[C@H]1C.CC1=CCC(=O)C=C1.CC1=CCCC1=O.CC1=C[C@@H](C)OC1=O.CC1=C[C@H](C)OC1=O.Cc1cccnc1.Cc1ccncc1.Cc1ccoc1. The number of pyridine rings is 2. The molecular weight excluding hydrogens is 965 g/mol. The summed E-state index contributed by atoms with van der Waals surface area (Å²) >= 11 is 0. The Morgan fingerprint density at radius 3 is 1.21 bits per heavy atom. The van der Waals surface area contributed by atoms with Crippen LogP contribution in [0.2, 0.25) is 0 Å². The number of Topliss-reactive ketones (excluding diaryl/α,β-unsaturated/α-hetero) is 1. The van der Waals surface area contributed by atoms with Crippen LogP contribution >= 0.6 is 0 Å². The van der Waals surface area contributed by atoms with E-state index in [1.165, 1.54) is 40.0 Å². The quantitative estimate of drug-likeness (QED) is 0.152. The van der Waals surface area contributed by atoms with Gasteiger partial charge in [0.1, 0.15) is 24.4 Å². The van der Waals surface area contributed by atoms with Gasteiger partial charge in [0.15, 0.2) is 17.3 Å². The zero-order chi connectivity index (χ0) is 55.8. The number of carbonyl (C=O) groups excluding carboxylic acids is 7. The third-order valence-corrected chi connectivity index (χ3v) is 10.7. The van der Waals surface area contributed by atoms with Gasteiger partial charge in [0.05, 0.1) is 12.5 Å². The number of allylic oxidation sites excluding steroid dienone is 8. The molecule has 0 saturated heterocycles. The van der Waals surface area contributed by atoms with Crippen LogP contribution in [0.25, 0.3) is 0 Å². The van der Waals surface area contributed by atoms with Gasteiger partial charge in [0.25, 0.3) is 0 Å². The number of esters is 4. The zero-order valence-corrected chi connectivity index (χ0v) is 45.7. The number of rotatable bonds is 0. The monoisotopic (exact) mass is 1050 g/mol. The minimum atomic E-state index is -0.213. The van der Waals surface area contributed by atoms with E-state index in [2.05, 4.69) is 9.97 Å². The van der Waals surface area contributed by atoms with E-state index in [0.29, 0.717) is 12.2 Å². The molecule has 3 aliphatic carbocycles. The number of nitrogens with zero attached hydrogens (tertiary/aromatic N) is 2. The lowest BCUT2D eigenvalue weighted by molar-refractivity contribution is -0.139. The lowest BCUT2D eigenvalue weighted by Gasteiger charge is -2.00. The molecule has 10 rings (SSSR count). The van der Waals surface area contributed by atoms with Gasteiger partial charge in [-0.25, -0.2) is 19.2 Å². The molecule has 0 spiro atoms. The molecule has 0 radical (unpaired) electrons. The van der Waals surface area contributed by atoms with Crippen LogP contribution in [0.15, 0.2) is 166 Å². The van der Waals surface area contributed by atoms with Crippen LogP contribution in [0.4, 0.5) is 0 Å². The molecule has 76 heavy (non-hydrogen) atoms. The van der Waals surface area contributed by atoms with Crippen molar-refractivity contribution in [2.45, 2.75) is 168 Å². The van der Waals surface area contributed by atoms with Crippen LogP contribution in [0.1, 0.15) is 140 Å². The van der Waals surface area contributed by atoms with Gasteiger partial charge in [-0.1, -0.05) is 50.3 Å². The van der Waals surface area contributed by atoms with E-state index in [9.17, 15) is 33.6 Å². The second-order valence-corrected chi connectivity index (χ2v) is 18.0. The van der Waals surface area contributed by atoms with Crippen molar-refractivity contribution in [2.75, 3.05) is 0 Å². The molecule has 0 fully saturated rings. The Morgan fingerprint density at radius 1 is 0.513 bits per heavy atom. The predicted octanol–water partition coefficient (Wildman–Crippen LogP) is 13.2. The van der Waals surface area contributed by atoms with E-state index in [1.807, 2.05) is 150 Å². The standard InChI is InChI=1S/C7H8O.2C6H7N.4C6H8O2.2C6H8O.C5H6O.2CH4/c1-6-2-4-7(8)5-3-6;1-6-2-4-7-5-3-6;1-6-3-2-4-7-5-6;2*1-4-3-6(7)8-5(4)2;2*1-4-3-5(2)8-6(4)7;1-5-2-3-6(7)4-5;1-5-3-2-4-6(5)7;1-5-2-3-6-4-5;;/h2-4H,5H2,1H3;2*2-5H,1H3;4*3,5H,1-2H3;4H,2-3H2,1H3;3H,2,4H2,1H3;2-4H,1H3;2*1H4/t;;;4*5-;;;;;/m...1010...../s1. The van der Waals surface area contributed by atoms with Crippen molar-refractivity contribution < 1.29 is 56.9 Å². The second kappa shape index (κ2) is 38.9. The molecule has 414 valence electrons. The summed E-state index contributed by atoms with van der Waals surface area (Å²) in [4.78, 5) is 80.8. The summed E-state index contributed by atoms with van der Waals surface area (Å²) in [6.45, 7) is 26.6. The number of hydrogen-bond donors (Lipinski definition) is 0. The minimum Gasteiger partial charge on any atom is -0.472 e. The highest BCUT2D eigenvalue weighted by molar-refractivity contribution is 5.97. The van der Waals surface area contributed by atoms with Crippen LogP contribution in [-0.2, 0) is 52.5 Å². The number of furan rings is 1. The summed E-state index contributed by atoms with van der Waals surface area (Å²) in [5, 5.41) is 0. The first-order chi connectivity index (χ1) is 34.9. The van der Waals surface area contributed by atoms with Crippen LogP contribution in [-0.4, -0.2) is 75.6 Å². The van der Waals surface area contributed by atoms with Gasteiger partial charge in [0, 0.05) is 67.3 Å². The maximum absolute atomic E-state index is 10.5. The summed E-state index contributed by atoms with van der Waals surface area (Å²) in [5.74, 6) is 0.0214. The number of hydrogen-bond acceptors (Lipinski definition) is 14. The van der Waals surface area contributed by atoms with E-state index in [0.717, 1.165) is 53.5 Å². The van der Waals surface area contributed by atoms with Crippen molar-refractivity contribution in [3.8, 4) is 0 Å². The van der Waals surface area contributed by atoms with E-state index in [4.69, 9.17) is 23.4 Å². The Balaban J connectivity index is 0. The lowest BCUT2D eigenvalue weighted by atomic mass is 10.1. The van der Waals surface area contributed by atoms with Gasteiger partial charge in [-0.15, -0.1) is 0 Å². The molecule has 7 aliphatic rings. The number of cyclic esters (lactones) is 4. The molecule has 0 N–H and O–H groups in total. The third kappa shape index (κ3) is 33.3. The summed E-state index contributed by atoms with van der Waals surface area (Å²) in [6.07, 6.45) is 30.3. The Kier molecular flexibility index (Phi) is 36.1. The van der Waals surface area contributed by atoms with Crippen molar-refractivity contribution in [3.05, 3.63) is 178 Å². The molecule has 7 heterocycles. The second-order valence-electron chi connectivity index (χ2n) is 18.0. The first kappa shape index (κ1) is 70.5. The van der Waals surface area contributed by atoms with Gasteiger partial charge in [-0.3, -0.25) is 24.4 Å². The molecule has 0 amide bonds. The first-order valence-electron chi connectivity index (χ1n) is 24.4. The maximum atomic E-state index is 10.5. The smallest absolute Gasteiger partial charge is 0.334 e. The molecule has 0 aromatic carbocycles. The summed E-state index contributed by atoms with van der Waals surface area (Å²) in [7, 11) is 0. The molecule has 14 nitrogen and oxygen atoms in total. The Hall–Kier alpha value is -7.61. The number of ketones is 3. The highest BCUT2D eigenvalue weighted by atomic mass is 16.6. The Morgan fingerprint density at radius 2 is 1.05 bits per heavy atom. The molecule has 0 bridgehead atoms. The Bertz CT molecular complexity index is 2450.